The second kappa shape index (κ2) is 5.97. The molecule has 1 heterocycles. The van der Waals surface area contributed by atoms with Gasteiger partial charge in [-0.3, -0.25) is 4.98 Å². The van der Waals surface area contributed by atoms with E-state index in [9.17, 15) is 13.2 Å². The van der Waals surface area contributed by atoms with Gasteiger partial charge in [0, 0.05) is 11.1 Å². The molecule has 0 spiro atoms. The Balaban J connectivity index is 0.00000180. The maximum atomic E-state index is 12.6. The van der Waals surface area contributed by atoms with Crippen LogP contribution in [-0.2, 0) is 12.6 Å². The minimum Gasteiger partial charge on any atom is -0.253 e. The van der Waals surface area contributed by atoms with Crippen molar-refractivity contribution < 1.29 is 13.2 Å². The van der Waals surface area contributed by atoms with E-state index in [0.717, 1.165) is 30.7 Å². The smallest absolute Gasteiger partial charge is 0.253 e. The van der Waals surface area contributed by atoms with Crippen molar-refractivity contribution in [3.8, 4) is 0 Å². The molecule has 0 bridgehead atoms. The van der Waals surface area contributed by atoms with E-state index in [2.05, 4.69) is 4.98 Å². The lowest BCUT2D eigenvalue weighted by molar-refractivity contribution is -0.137. The van der Waals surface area contributed by atoms with Gasteiger partial charge in [-0.05, 0) is 30.7 Å². The van der Waals surface area contributed by atoms with Gasteiger partial charge in [0.05, 0.1) is 16.1 Å². The Labute approximate surface area is 120 Å². The van der Waals surface area contributed by atoms with Crippen LogP contribution in [0.25, 0.3) is 10.9 Å². The van der Waals surface area contributed by atoms with Crippen LogP contribution in [-0.4, -0.2) is 4.98 Å². The van der Waals surface area contributed by atoms with Crippen molar-refractivity contribution in [2.75, 3.05) is 0 Å². The largest absolute Gasteiger partial charge is 0.416 e. The molecule has 0 aliphatic rings. The molecule has 0 amide bonds. The van der Waals surface area contributed by atoms with Crippen LogP contribution in [0.2, 0.25) is 5.02 Å². The van der Waals surface area contributed by atoms with Gasteiger partial charge in [0.1, 0.15) is 0 Å². The molecule has 1 aromatic carbocycles. The molecule has 0 atom stereocenters. The maximum absolute atomic E-state index is 12.6. The van der Waals surface area contributed by atoms with Crippen molar-refractivity contribution in [1.82, 2.24) is 4.98 Å². The van der Waals surface area contributed by atoms with Gasteiger partial charge >= 0.3 is 6.18 Å². The second-order valence-electron chi connectivity index (χ2n) is 4.08. The van der Waals surface area contributed by atoms with Crippen molar-refractivity contribution >= 4 is 34.9 Å². The molecular formula is C13H12Cl2F3N. The zero-order chi connectivity index (χ0) is 13.3. The highest BCUT2D eigenvalue weighted by Crippen LogP contribution is 2.33. The molecule has 2 rings (SSSR count). The standard InChI is InChI=1S/C13H11ClF3N.ClH/c1-2-3-9-7-11(14)10-6-8(13(15,16)17)4-5-12(10)18-9;/h4-7H,2-3H2,1H3;1H. The SMILES string of the molecule is CCCc1cc(Cl)c2cc(C(F)(F)F)ccc2n1.Cl. The van der Waals surface area contributed by atoms with Crippen LogP contribution in [0.5, 0.6) is 0 Å². The summed E-state index contributed by atoms with van der Waals surface area (Å²) in [6, 6.07) is 5.07. The van der Waals surface area contributed by atoms with Crippen LogP contribution in [0.1, 0.15) is 24.6 Å². The van der Waals surface area contributed by atoms with Gasteiger partial charge in [-0.15, -0.1) is 12.4 Å². The fourth-order valence-electron chi connectivity index (χ4n) is 1.80. The number of benzene rings is 1. The molecule has 104 valence electrons. The van der Waals surface area contributed by atoms with Gasteiger partial charge in [-0.2, -0.15) is 13.2 Å². The zero-order valence-corrected chi connectivity index (χ0v) is 11.7. The van der Waals surface area contributed by atoms with Crippen molar-refractivity contribution in [2.45, 2.75) is 25.9 Å². The van der Waals surface area contributed by atoms with E-state index in [1.54, 1.807) is 6.07 Å². The number of fused-ring (bicyclic) bond motifs is 1. The van der Waals surface area contributed by atoms with Crippen LogP contribution in [0, 0.1) is 0 Å². The van der Waals surface area contributed by atoms with Gasteiger partial charge in [-0.25, -0.2) is 0 Å². The first-order valence-corrected chi connectivity index (χ1v) is 5.96. The van der Waals surface area contributed by atoms with E-state index in [0.29, 0.717) is 15.9 Å². The maximum Gasteiger partial charge on any atom is 0.416 e. The highest BCUT2D eigenvalue weighted by atomic mass is 35.5. The van der Waals surface area contributed by atoms with Crippen molar-refractivity contribution in [3.05, 3.63) is 40.5 Å². The number of nitrogens with zero attached hydrogens (tertiary/aromatic N) is 1. The molecule has 0 N–H and O–H groups in total. The summed E-state index contributed by atoms with van der Waals surface area (Å²) in [5, 5.41) is 0.654. The van der Waals surface area contributed by atoms with Crippen LogP contribution < -0.4 is 0 Å². The summed E-state index contributed by atoms with van der Waals surface area (Å²) in [7, 11) is 0. The number of alkyl halides is 3. The lowest BCUT2D eigenvalue weighted by Gasteiger charge is -2.09. The molecule has 1 aromatic heterocycles. The highest BCUT2D eigenvalue weighted by Gasteiger charge is 2.30. The minimum atomic E-state index is -4.36. The third-order valence-corrected chi connectivity index (χ3v) is 2.96. The summed E-state index contributed by atoms with van der Waals surface area (Å²) >= 11 is 6.01. The molecule has 0 aliphatic heterocycles. The minimum absolute atomic E-state index is 0. The number of hydrogen-bond acceptors (Lipinski definition) is 1. The molecule has 0 saturated heterocycles. The van der Waals surface area contributed by atoms with E-state index in [4.69, 9.17) is 11.6 Å². The van der Waals surface area contributed by atoms with Gasteiger partial charge in [0.2, 0.25) is 0 Å². The van der Waals surface area contributed by atoms with E-state index in [1.807, 2.05) is 6.92 Å². The van der Waals surface area contributed by atoms with Crippen molar-refractivity contribution in [1.29, 1.82) is 0 Å². The van der Waals surface area contributed by atoms with Gasteiger partial charge in [0.15, 0.2) is 0 Å². The second-order valence-corrected chi connectivity index (χ2v) is 4.48. The number of rotatable bonds is 2. The Kier molecular flexibility index (Phi) is 5.04. The van der Waals surface area contributed by atoms with Crippen molar-refractivity contribution in [3.63, 3.8) is 0 Å². The topological polar surface area (TPSA) is 12.9 Å². The molecule has 2 aromatic rings. The van der Waals surface area contributed by atoms with E-state index in [-0.39, 0.29) is 12.4 Å². The number of pyridine rings is 1. The summed E-state index contributed by atoms with van der Waals surface area (Å²) in [6.45, 7) is 2.01. The number of aryl methyl sites for hydroxylation is 1. The molecule has 0 fully saturated rings. The average Bonchev–Trinajstić information content (AvgIpc) is 2.27. The zero-order valence-electron chi connectivity index (χ0n) is 10.1. The molecule has 0 radical (unpaired) electrons. The number of aromatic nitrogens is 1. The predicted octanol–water partition coefficient (Wildman–Crippen LogP) is 5.28. The Bertz CT molecular complexity index is 582. The molecule has 19 heavy (non-hydrogen) atoms. The molecule has 1 nitrogen and oxygen atoms in total. The summed E-state index contributed by atoms with van der Waals surface area (Å²) in [6.07, 6.45) is -2.69. The monoisotopic (exact) mass is 309 g/mol. The number of halogens is 5. The lowest BCUT2D eigenvalue weighted by Crippen LogP contribution is -2.04. The fourth-order valence-corrected chi connectivity index (χ4v) is 2.07. The normalized spacial score (nSPS) is 11.4. The molecule has 0 saturated carbocycles. The predicted molar refractivity (Wildman–Crippen MR) is 73.0 cm³/mol. The first kappa shape index (κ1) is 16.1. The first-order valence-electron chi connectivity index (χ1n) is 5.58. The van der Waals surface area contributed by atoms with Crippen LogP contribution in [0.4, 0.5) is 13.2 Å². The highest BCUT2D eigenvalue weighted by molar-refractivity contribution is 6.35. The van der Waals surface area contributed by atoms with E-state index in [1.165, 1.54) is 6.07 Å². The summed E-state index contributed by atoms with van der Waals surface area (Å²) in [4.78, 5) is 4.30. The number of hydrogen-bond donors (Lipinski definition) is 0. The quantitative estimate of drug-likeness (QED) is 0.735. The van der Waals surface area contributed by atoms with Gasteiger partial charge in [-0.1, -0.05) is 24.9 Å². The summed E-state index contributed by atoms with van der Waals surface area (Å²) in [5.41, 5.74) is 0.593. The Morgan fingerprint density at radius 3 is 2.47 bits per heavy atom. The van der Waals surface area contributed by atoms with Gasteiger partial charge in [0.25, 0.3) is 0 Å². The molecule has 6 heteroatoms. The molecular weight excluding hydrogens is 298 g/mol. The van der Waals surface area contributed by atoms with E-state index >= 15 is 0 Å². The third-order valence-electron chi connectivity index (χ3n) is 2.64. The summed E-state index contributed by atoms with van der Waals surface area (Å²) in [5.74, 6) is 0. The Morgan fingerprint density at radius 2 is 1.89 bits per heavy atom. The summed E-state index contributed by atoms with van der Waals surface area (Å²) < 4.78 is 37.8. The Hall–Kier alpha value is -1.00. The molecule has 0 unspecified atom stereocenters. The van der Waals surface area contributed by atoms with Gasteiger partial charge < -0.3 is 0 Å². The average molecular weight is 310 g/mol. The van der Waals surface area contributed by atoms with Crippen LogP contribution in [0.3, 0.4) is 0 Å². The van der Waals surface area contributed by atoms with Crippen LogP contribution >= 0.6 is 24.0 Å². The first-order chi connectivity index (χ1) is 8.41. The Morgan fingerprint density at radius 1 is 1.21 bits per heavy atom. The van der Waals surface area contributed by atoms with Crippen LogP contribution in [0.15, 0.2) is 24.3 Å². The fraction of sp³-hybridized carbons (Fsp3) is 0.308. The lowest BCUT2D eigenvalue weighted by atomic mass is 10.1. The van der Waals surface area contributed by atoms with E-state index < -0.39 is 11.7 Å². The third kappa shape index (κ3) is 3.51. The van der Waals surface area contributed by atoms with Crippen molar-refractivity contribution in [2.24, 2.45) is 0 Å². The molecule has 0 aliphatic carbocycles.